The number of aryl methyl sites for hydroxylation is 2. The second-order valence-corrected chi connectivity index (χ2v) is 4.32. The molecule has 0 aromatic heterocycles. The third-order valence-electron chi connectivity index (χ3n) is 2.94. The molecular formula is C13H20O2. The van der Waals surface area contributed by atoms with Crippen molar-refractivity contribution in [3.63, 3.8) is 0 Å². The Bertz CT molecular complexity index is 320. The van der Waals surface area contributed by atoms with Crippen LogP contribution in [0.3, 0.4) is 0 Å². The van der Waals surface area contributed by atoms with Crippen molar-refractivity contribution >= 4 is 0 Å². The van der Waals surface area contributed by atoms with Crippen molar-refractivity contribution in [3.05, 3.63) is 34.9 Å². The highest BCUT2D eigenvalue weighted by molar-refractivity contribution is 5.31. The largest absolute Gasteiger partial charge is 0.394 e. The molecule has 0 spiro atoms. The fraction of sp³-hybridized carbons (Fsp3) is 0.538. The van der Waals surface area contributed by atoms with Gasteiger partial charge in [0.05, 0.1) is 12.7 Å². The topological polar surface area (TPSA) is 40.5 Å². The average Bonchev–Trinajstić information content (AvgIpc) is 2.21. The molecule has 1 rings (SSSR count). The first-order valence-corrected chi connectivity index (χ1v) is 5.40. The zero-order valence-corrected chi connectivity index (χ0v) is 9.70. The Kier molecular flexibility index (Phi) is 4.30. The molecule has 0 amide bonds. The molecule has 2 N–H and O–H groups in total. The molecule has 1 aromatic carbocycles. The lowest BCUT2D eigenvalue weighted by Gasteiger charge is -2.16. The SMILES string of the molecule is Cc1ccc(C(C)CC(O)CO)cc1C. The summed E-state index contributed by atoms with van der Waals surface area (Å²) in [5, 5.41) is 18.1. The average molecular weight is 208 g/mol. The fourth-order valence-corrected chi connectivity index (χ4v) is 1.69. The van der Waals surface area contributed by atoms with E-state index in [4.69, 9.17) is 5.11 Å². The van der Waals surface area contributed by atoms with Crippen LogP contribution in [0.4, 0.5) is 0 Å². The molecule has 2 unspecified atom stereocenters. The van der Waals surface area contributed by atoms with Gasteiger partial charge in [-0.25, -0.2) is 0 Å². The summed E-state index contributed by atoms with van der Waals surface area (Å²) in [6.45, 7) is 6.10. The molecule has 0 saturated heterocycles. The van der Waals surface area contributed by atoms with E-state index < -0.39 is 6.10 Å². The van der Waals surface area contributed by atoms with Crippen LogP contribution in [-0.4, -0.2) is 22.9 Å². The van der Waals surface area contributed by atoms with E-state index >= 15 is 0 Å². The number of rotatable bonds is 4. The molecule has 0 fully saturated rings. The molecule has 0 bridgehead atoms. The van der Waals surface area contributed by atoms with Gasteiger partial charge in [0.25, 0.3) is 0 Å². The summed E-state index contributed by atoms with van der Waals surface area (Å²) in [7, 11) is 0. The first-order chi connectivity index (χ1) is 7.04. The smallest absolute Gasteiger partial charge is 0.0776 e. The second-order valence-electron chi connectivity index (χ2n) is 4.32. The van der Waals surface area contributed by atoms with Gasteiger partial charge in [-0.05, 0) is 42.9 Å². The highest BCUT2D eigenvalue weighted by Gasteiger charge is 2.11. The minimum atomic E-state index is -0.610. The molecule has 0 radical (unpaired) electrons. The molecule has 2 atom stereocenters. The van der Waals surface area contributed by atoms with Crippen LogP contribution in [0.15, 0.2) is 18.2 Å². The van der Waals surface area contributed by atoms with E-state index in [1.165, 1.54) is 16.7 Å². The van der Waals surface area contributed by atoms with Crippen LogP contribution in [0.2, 0.25) is 0 Å². The highest BCUT2D eigenvalue weighted by atomic mass is 16.3. The minimum absolute atomic E-state index is 0.158. The van der Waals surface area contributed by atoms with Crippen molar-refractivity contribution in [1.29, 1.82) is 0 Å². The maximum atomic E-state index is 9.36. The Morgan fingerprint density at radius 2 is 1.87 bits per heavy atom. The van der Waals surface area contributed by atoms with Crippen LogP contribution >= 0.6 is 0 Å². The van der Waals surface area contributed by atoms with Gasteiger partial charge in [0.2, 0.25) is 0 Å². The van der Waals surface area contributed by atoms with Gasteiger partial charge < -0.3 is 10.2 Å². The molecule has 15 heavy (non-hydrogen) atoms. The monoisotopic (exact) mass is 208 g/mol. The lowest BCUT2D eigenvalue weighted by molar-refractivity contribution is 0.0835. The quantitative estimate of drug-likeness (QED) is 0.796. The van der Waals surface area contributed by atoms with Crippen molar-refractivity contribution < 1.29 is 10.2 Å². The normalized spacial score (nSPS) is 15.0. The molecule has 1 aromatic rings. The zero-order valence-electron chi connectivity index (χ0n) is 9.70. The molecule has 84 valence electrons. The van der Waals surface area contributed by atoms with Crippen molar-refractivity contribution in [1.82, 2.24) is 0 Å². The van der Waals surface area contributed by atoms with Crippen LogP contribution in [0.25, 0.3) is 0 Å². The van der Waals surface area contributed by atoms with E-state index in [0.717, 1.165) is 0 Å². The van der Waals surface area contributed by atoms with Crippen molar-refractivity contribution in [3.8, 4) is 0 Å². The molecule has 0 aliphatic rings. The number of aliphatic hydroxyl groups excluding tert-OH is 2. The summed E-state index contributed by atoms with van der Waals surface area (Å²) in [4.78, 5) is 0. The molecule has 2 heteroatoms. The molecule has 2 nitrogen and oxygen atoms in total. The Morgan fingerprint density at radius 1 is 1.20 bits per heavy atom. The molecule has 0 heterocycles. The summed E-state index contributed by atoms with van der Waals surface area (Å²) < 4.78 is 0. The number of hydrogen-bond acceptors (Lipinski definition) is 2. The summed E-state index contributed by atoms with van der Waals surface area (Å²) in [6.07, 6.45) is 0.000499. The molecular weight excluding hydrogens is 188 g/mol. The Hall–Kier alpha value is -0.860. The Labute approximate surface area is 91.6 Å². The molecule has 0 aliphatic carbocycles. The lowest BCUT2D eigenvalue weighted by atomic mass is 9.93. The summed E-state index contributed by atoms with van der Waals surface area (Å²) in [6, 6.07) is 6.35. The van der Waals surface area contributed by atoms with E-state index in [-0.39, 0.29) is 12.5 Å². The number of benzene rings is 1. The second kappa shape index (κ2) is 5.29. The van der Waals surface area contributed by atoms with Crippen LogP contribution in [0, 0.1) is 13.8 Å². The van der Waals surface area contributed by atoms with Crippen LogP contribution in [-0.2, 0) is 0 Å². The van der Waals surface area contributed by atoms with Gasteiger partial charge in [-0.1, -0.05) is 25.1 Å². The first kappa shape index (κ1) is 12.2. The van der Waals surface area contributed by atoms with E-state index in [1.807, 2.05) is 0 Å². The van der Waals surface area contributed by atoms with Gasteiger partial charge in [0.15, 0.2) is 0 Å². The van der Waals surface area contributed by atoms with Gasteiger partial charge in [-0.2, -0.15) is 0 Å². The Balaban J connectivity index is 2.73. The molecule has 0 saturated carbocycles. The summed E-state index contributed by atoms with van der Waals surface area (Å²) in [5.74, 6) is 0.284. The standard InChI is InChI=1S/C13H20O2/c1-9-4-5-12(6-10(9)2)11(3)7-13(15)8-14/h4-6,11,13-15H,7-8H2,1-3H3. The maximum Gasteiger partial charge on any atom is 0.0776 e. The van der Waals surface area contributed by atoms with E-state index in [2.05, 4.69) is 39.0 Å². The van der Waals surface area contributed by atoms with Gasteiger partial charge in [-0.3, -0.25) is 0 Å². The van der Waals surface area contributed by atoms with Gasteiger partial charge in [0, 0.05) is 0 Å². The summed E-state index contributed by atoms with van der Waals surface area (Å²) >= 11 is 0. The number of hydrogen-bond donors (Lipinski definition) is 2. The minimum Gasteiger partial charge on any atom is -0.394 e. The summed E-state index contributed by atoms with van der Waals surface area (Å²) in [5.41, 5.74) is 3.79. The van der Waals surface area contributed by atoms with E-state index in [0.29, 0.717) is 6.42 Å². The van der Waals surface area contributed by atoms with Crippen LogP contribution in [0.5, 0.6) is 0 Å². The fourth-order valence-electron chi connectivity index (χ4n) is 1.69. The van der Waals surface area contributed by atoms with E-state index in [1.54, 1.807) is 0 Å². The number of aliphatic hydroxyl groups is 2. The lowest BCUT2D eigenvalue weighted by Crippen LogP contribution is -2.15. The van der Waals surface area contributed by atoms with Gasteiger partial charge in [0.1, 0.15) is 0 Å². The van der Waals surface area contributed by atoms with Crippen LogP contribution < -0.4 is 0 Å². The molecule has 0 aliphatic heterocycles. The van der Waals surface area contributed by atoms with E-state index in [9.17, 15) is 5.11 Å². The third-order valence-corrected chi connectivity index (χ3v) is 2.94. The first-order valence-electron chi connectivity index (χ1n) is 5.40. The van der Waals surface area contributed by atoms with Gasteiger partial charge in [-0.15, -0.1) is 0 Å². The van der Waals surface area contributed by atoms with Crippen molar-refractivity contribution in [2.24, 2.45) is 0 Å². The Morgan fingerprint density at radius 3 is 2.40 bits per heavy atom. The van der Waals surface area contributed by atoms with Gasteiger partial charge >= 0.3 is 0 Å². The van der Waals surface area contributed by atoms with Crippen LogP contribution in [0.1, 0.15) is 36.0 Å². The zero-order chi connectivity index (χ0) is 11.4. The van der Waals surface area contributed by atoms with Crippen molar-refractivity contribution in [2.45, 2.75) is 39.2 Å². The van der Waals surface area contributed by atoms with Crippen molar-refractivity contribution in [2.75, 3.05) is 6.61 Å². The third kappa shape index (κ3) is 3.33. The maximum absolute atomic E-state index is 9.36. The predicted octanol–water partition coefficient (Wildman–Crippen LogP) is 2.15. The predicted molar refractivity (Wildman–Crippen MR) is 62.0 cm³/mol. The highest BCUT2D eigenvalue weighted by Crippen LogP contribution is 2.22.